The number of halogens is 3. The van der Waals surface area contributed by atoms with Crippen molar-refractivity contribution in [3.8, 4) is 34.1 Å². The van der Waals surface area contributed by atoms with Gasteiger partial charge in [0.05, 0.1) is 49.8 Å². The lowest BCUT2D eigenvalue weighted by Gasteiger charge is -2.19. The van der Waals surface area contributed by atoms with Crippen LogP contribution in [0.15, 0.2) is 47.3 Å². The molecule has 0 radical (unpaired) electrons. The summed E-state index contributed by atoms with van der Waals surface area (Å²) in [4.78, 5) is 42.6. The van der Waals surface area contributed by atoms with Crippen molar-refractivity contribution >= 4 is 44.2 Å². The molecule has 1 unspecified atom stereocenters. The first-order chi connectivity index (χ1) is 21.9. The number of alkyl halides is 3. The van der Waals surface area contributed by atoms with Crippen LogP contribution in [0, 0.1) is 0 Å². The zero-order chi connectivity index (χ0) is 33.2. The lowest BCUT2D eigenvalue weighted by molar-refractivity contribution is -0.274. The molecule has 1 heterocycles. The first kappa shape index (κ1) is 32.3. The molecule has 4 aromatic rings. The lowest BCUT2D eigenvalue weighted by Crippen LogP contribution is -2.27. The summed E-state index contributed by atoms with van der Waals surface area (Å²) >= 11 is 0.970. The molecular weight excluding hydrogens is 629 g/mol. The number of nitrogens with one attached hydrogen (secondary N) is 3. The van der Waals surface area contributed by atoms with Crippen molar-refractivity contribution in [2.24, 2.45) is 0 Å². The summed E-state index contributed by atoms with van der Waals surface area (Å²) in [6, 6.07) is 9.70. The number of anilines is 2. The van der Waals surface area contributed by atoms with Gasteiger partial charge in [-0.1, -0.05) is 17.4 Å². The molecule has 0 saturated carbocycles. The molecule has 3 N–H and O–H groups in total. The molecule has 2 amide bonds. The molecule has 1 aliphatic carbocycles. The highest BCUT2D eigenvalue weighted by Crippen LogP contribution is 2.50. The van der Waals surface area contributed by atoms with E-state index in [4.69, 9.17) is 14.2 Å². The maximum absolute atomic E-state index is 13.5. The van der Waals surface area contributed by atoms with Crippen molar-refractivity contribution in [1.82, 2.24) is 10.3 Å². The van der Waals surface area contributed by atoms with Gasteiger partial charge in [0.25, 0.3) is 0 Å². The van der Waals surface area contributed by atoms with Gasteiger partial charge in [-0.15, -0.1) is 13.2 Å². The summed E-state index contributed by atoms with van der Waals surface area (Å²) in [6.45, 7) is 1.08. The fourth-order valence-corrected chi connectivity index (χ4v) is 6.26. The second kappa shape index (κ2) is 13.1. The predicted octanol–water partition coefficient (Wildman–Crippen LogP) is 5.42. The Morgan fingerprint density at radius 3 is 2.46 bits per heavy atom. The largest absolute Gasteiger partial charge is 0.573 e. The number of thiazole rings is 1. The summed E-state index contributed by atoms with van der Waals surface area (Å²) in [5.74, 6) is 0.0341. The molecule has 1 aromatic heterocycles. The average Bonchev–Trinajstić information content (AvgIpc) is 3.23. The number of amides is 2. The minimum atomic E-state index is -4.84. The van der Waals surface area contributed by atoms with Gasteiger partial charge in [-0.2, -0.15) is 0 Å². The first-order valence-corrected chi connectivity index (χ1v) is 14.7. The number of carbonyl (C=O) groups excluding carboxylic acids is 2. The average molecular weight is 659 g/mol. The maximum atomic E-state index is 13.5. The number of ether oxygens (including phenoxy) is 4. The minimum Gasteiger partial charge on any atom is -0.493 e. The van der Waals surface area contributed by atoms with Crippen molar-refractivity contribution in [2.45, 2.75) is 32.2 Å². The fourth-order valence-electron chi connectivity index (χ4n) is 5.35. The van der Waals surface area contributed by atoms with Crippen LogP contribution < -0.4 is 40.3 Å². The van der Waals surface area contributed by atoms with Gasteiger partial charge in [0.1, 0.15) is 5.75 Å². The van der Waals surface area contributed by atoms with Crippen LogP contribution in [0.5, 0.6) is 23.0 Å². The van der Waals surface area contributed by atoms with E-state index < -0.39 is 29.5 Å². The van der Waals surface area contributed by atoms with Crippen LogP contribution in [-0.2, 0) is 16.0 Å². The Bertz CT molecular complexity index is 1880. The van der Waals surface area contributed by atoms with E-state index in [1.165, 1.54) is 46.5 Å². The summed E-state index contributed by atoms with van der Waals surface area (Å²) in [7, 11) is 4.51. The van der Waals surface area contributed by atoms with E-state index in [1.54, 1.807) is 12.1 Å². The number of fused-ring (bicyclic) bond motifs is 4. The molecular formula is C31H29F3N4O7S. The SMILES string of the molecule is COc1cc2c(c(OC)c1OC)-c1ccc(NCC(=O)Nc3nc4ccc(OC(F)(F)F)cc4s3)c(=O)cc1C(NC(C)=O)CC2. The Labute approximate surface area is 264 Å². The zero-order valence-corrected chi connectivity index (χ0v) is 25.9. The third-order valence-corrected chi connectivity index (χ3v) is 8.13. The third kappa shape index (κ3) is 6.93. The van der Waals surface area contributed by atoms with Gasteiger partial charge in [0.15, 0.2) is 16.6 Å². The quantitative estimate of drug-likeness (QED) is 0.215. The Morgan fingerprint density at radius 1 is 1.02 bits per heavy atom. The maximum Gasteiger partial charge on any atom is 0.573 e. The number of nitrogens with zero attached hydrogens (tertiary/aromatic N) is 1. The van der Waals surface area contributed by atoms with Crippen LogP contribution in [0.1, 0.15) is 30.5 Å². The Morgan fingerprint density at radius 2 is 1.78 bits per heavy atom. The Kier molecular flexibility index (Phi) is 9.23. The summed E-state index contributed by atoms with van der Waals surface area (Å²) < 4.78 is 59.0. The van der Waals surface area contributed by atoms with Crippen LogP contribution in [0.25, 0.3) is 21.3 Å². The van der Waals surface area contributed by atoms with Gasteiger partial charge in [-0.3, -0.25) is 14.4 Å². The van der Waals surface area contributed by atoms with Crippen molar-refractivity contribution in [3.05, 3.63) is 63.8 Å². The summed E-state index contributed by atoms with van der Waals surface area (Å²) in [5, 5.41) is 8.54. The molecule has 242 valence electrons. The monoisotopic (exact) mass is 658 g/mol. The third-order valence-electron chi connectivity index (χ3n) is 7.20. The number of aromatic nitrogens is 1. The number of methoxy groups -OCH3 is 3. The second-order valence-corrected chi connectivity index (χ2v) is 11.2. The molecule has 15 heteroatoms. The van der Waals surface area contributed by atoms with Crippen LogP contribution in [0.3, 0.4) is 0 Å². The predicted molar refractivity (Wildman–Crippen MR) is 166 cm³/mol. The van der Waals surface area contributed by atoms with Crippen molar-refractivity contribution < 1.29 is 41.7 Å². The standard InChI is InChI=1S/C31H29F3N4O7S/c1-15(39)36-20-8-5-16-11-24(42-2)28(43-3)29(44-4)27(16)18-7-10-21(23(40)13-19(18)20)35-14-26(41)38-30-37-22-9-6-17(12-25(22)46-30)45-31(32,33)34/h6-7,9-13,20H,5,8,14H2,1-4H3,(H,35,40)(H,36,39)(H,37,38,41). The normalized spacial score (nSPS) is 13.9. The number of rotatable bonds is 9. The smallest absolute Gasteiger partial charge is 0.493 e. The molecule has 11 nitrogen and oxygen atoms in total. The van der Waals surface area contributed by atoms with Crippen molar-refractivity contribution in [1.29, 1.82) is 0 Å². The molecule has 0 saturated heterocycles. The van der Waals surface area contributed by atoms with Gasteiger partial charge in [-0.25, -0.2) is 4.98 Å². The van der Waals surface area contributed by atoms with E-state index in [1.807, 2.05) is 6.07 Å². The van der Waals surface area contributed by atoms with Gasteiger partial charge in [-0.05, 0) is 59.9 Å². The van der Waals surface area contributed by atoms with Gasteiger partial charge in [0, 0.05) is 18.6 Å². The highest BCUT2D eigenvalue weighted by molar-refractivity contribution is 7.22. The Balaban J connectivity index is 1.44. The number of hydrogen-bond acceptors (Lipinski definition) is 10. The molecule has 1 atom stereocenters. The van der Waals surface area contributed by atoms with Gasteiger partial charge in [0.2, 0.25) is 23.0 Å². The number of aryl methyl sites for hydroxylation is 1. The molecule has 46 heavy (non-hydrogen) atoms. The Hall–Kier alpha value is -5.05. The number of benzene rings is 2. The highest BCUT2D eigenvalue weighted by Gasteiger charge is 2.32. The first-order valence-electron chi connectivity index (χ1n) is 13.9. The van der Waals surface area contributed by atoms with E-state index in [0.717, 1.165) is 23.0 Å². The molecule has 5 rings (SSSR count). The van der Waals surface area contributed by atoms with Crippen molar-refractivity contribution in [3.63, 3.8) is 0 Å². The van der Waals surface area contributed by atoms with Crippen LogP contribution in [0.2, 0.25) is 0 Å². The fraction of sp³-hybridized carbons (Fsp3) is 0.290. The van der Waals surface area contributed by atoms with Gasteiger partial charge < -0.3 is 34.9 Å². The molecule has 1 aliphatic rings. The molecule has 0 bridgehead atoms. The van der Waals surface area contributed by atoms with Crippen molar-refractivity contribution in [2.75, 3.05) is 38.5 Å². The van der Waals surface area contributed by atoms with Crippen LogP contribution in [-0.4, -0.2) is 51.0 Å². The van der Waals surface area contributed by atoms with Gasteiger partial charge >= 0.3 is 6.36 Å². The van der Waals surface area contributed by atoms with E-state index in [2.05, 4.69) is 25.7 Å². The van der Waals surface area contributed by atoms with E-state index in [9.17, 15) is 27.6 Å². The zero-order valence-electron chi connectivity index (χ0n) is 25.1. The topological polar surface area (TPSA) is 137 Å². The number of carbonyl (C=O) groups is 2. The van der Waals surface area contributed by atoms with E-state index in [-0.39, 0.29) is 23.3 Å². The highest BCUT2D eigenvalue weighted by atomic mass is 32.1. The molecule has 3 aromatic carbocycles. The van der Waals surface area contributed by atoms with Crippen LogP contribution in [0.4, 0.5) is 24.0 Å². The minimum absolute atomic E-state index is 0.115. The second-order valence-electron chi connectivity index (χ2n) is 10.2. The lowest BCUT2D eigenvalue weighted by atomic mass is 9.95. The van der Waals surface area contributed by atoms with E-state index in [0.29, 0.717) is 57.0 Å². The summed E-state index contributed by atoms with van der Waals surface area (Å²) in [6.07, 6.45) is -3.81. The number of hydrogen-bond donors (Lipinski definition) is 3. The molecule has 0 fully saturated rings. The molecule has 0 spiro atoms. The van der Waals surface area contributed by atoms with E-state index >= 15 is 0 Å². The summed E-state index contributed by atoms with van der Waals surface area (Å²) in [5.41, 5.74) is 2.80. The molecule has 0 aliphatic heterocycles. The van der Waals surface area contributed by atoms with Crippen LogP contribution >= 0.6 is 11.3 Å².